The van der Waals surface area contributed by atoms with Gasteiger partial charge >= 0.3 is 0 Å². The van der Waals surface area contributed by atoms with E-state index < -0.39 is 0 Å². The van der Waals surface area contributed by atoms with Gasteiger partial charge in [0.15, 0.2) is 0 Å². The van der Waals surface area contributed by atoms with Crippen molar-refractivity contribution < 1.29 is 0 Å². The lowest BCUT2D eigenvalue weighted by molar-refractivity contribution is 0.316. The second kappa shape index (κ2) is 4.35. The number of allylic oxidation sites excluding steroid dienone is 2. The summed E-state index contributed by atoms with van der Waals surface area (Å²) < 4.78 is 0. The molecule has 0 spiro atoms. The predicted octanol–water partition coefficient (Wildman–Crippen LogP) is 2.71. The molecule has 0 radical (unpaired) electrons. The van der Waals surface area contributed by atoms with E-state index in [0.717, 1.165) is 13.0 Å². The van der Waals surface area contributed by atoms with Crippen molar-refractivity contribution in [3.05, 3.63) is 12.2 Å². The lowest BCUT2D eigenvalue weighted by Crippen LogP contribution is -2.33. The minimum atomic E-state index is 0.154. The van der Waals surface area contributed by atoms with Gasteiger partial charge < -0.3 is 0 Å². The summed E-state index contributed by atoms with van der Waals surface area (Å²) in [5.41, 5.74) is 0.154. The molecule has 1 rings (SSSR count). The summed E-state index contributed by atoms with van der Waals surface area (Å²) in [7, 11) is 0. The van der Waals surface area contributed by atoms with Gasteiger partial charge in [-0.25, -0.2) is 4.99 Å². The number of nitrogens with zero attached hydrogens (tertiary/aromatic N) is 2. The maximum Gasteiger partial charge on any atom is 0.109 e. The van der Waals surface area contributed by atoms with E-state index in [1.165, 1.54) is 0 Å². The molecule has 0 saturated heterocycles. The molecule has 0 aromatic heterocycles. The number of aliphatic imine (C=N–C) groups is 2. The number of hydrogen-bond donors (Lipinski definition) is 0. The summed E-state index contributed by atoms with van der Waals surface area (Å²) in [4.78, 5) is 8.40. The van der Waals surface area contributed by atoms with Crippen molar-refractivity contribution in [1.82, 2.24) is 0 Å². The van der Waals surface area contributed by atoms with Gasteiger partial charge in [0.2, 0.25) is 0 Å². The Morgan fingerprint density at radius 2 is 2.31 bits per heavy atom. The minimum Gasteiger partial charge on any atom is -0.273 e. The molecule has 1 unspecified atom stereocenters. The van der Waals surface area contributed by atoms with E-state index in [4.69, 9.17) is 0 Å². The molecular weight excluding hydrogens is 160 g/mol. The van der Waals surface area contributed by atoms with E-state index in [9.17, 15) is 0 Å². The van der Waals surface area contributed by atoms with E-state index in [0.29, 0.717) is 5.92 Å². The van der Waals surface area contributed by atoms with Crippen LogP contribution in [-0.4, -0.2) is 19.1 Å². The van der Waals surface area contributed by atoms with Crippen molar-refractivity contribution in [2.45, 2.75) is 27.2 Å². The van der Waals surface area contributed by atoms with Crippen molar-refractivity contribution in [3.63, 3.8) is 0 Å². The average molecular weight is 178 g/mol. The van der Waals surface area contributed by atoms with Crippen LogP contribution < -0.4 is 0 Å². The highest BCUT2D eigenvalue weighted by Gasteiger charge is 2.31. The van der Waals surface area contributed by atoms with Crippen molar-refractivity contribution >= 4 is 12.6 Å². The van der Waals surface area contributed by atoms with Crippen molar-refractivity contribution in [3.8, 4) is 0 Å². The molecule has 13 heavy (non-hydrogen) atoms. The monoisotopic (exact) mass is 178 g/mol. The van der Waals surface area contributed by atoms with E-state index >= 15 is 0 Å². The van der Waals surface area contributed by atoms with Crippen LogP contribution in [0.1, 0.15) is 27.2 Å². The summed E-state index contributed by atoms with van der Waals surface area (Å²) in [6.45, 7) is 7.39. The first-order valence-corrected chi connectivity index (χ1v) is 4.85. The van der Waals surface area contributed by atoms with Crippen LogP contribution in [0.5, 0.6) is 0 Å². The molecule has 2 nitrogen and oxygen atoms in total. The van der Waals surface area contributed by atoms with Gasteiger partial charge in [-0.05, 0) is 19.3 Å². The Kier molecular flexibility index (Phi) is 3.40. The lowest BCUT2D eigenvalue weighted by atomic mass is 9.75. The Morgan fingerprint density at radius 1 is 1.54 bits per heavy atom. The minimum absolute atomic E-state index is 0.154. The molecule has 0 amide bonds. The standard InChI is InChI=1S/C11H18N2/c1-4-5-6-11(10(2)3)7-12-9-13-8-11/h4-5,7,9-10H,6,8H2,1-3H3. The van der Waals surface area contributed by atoms with Gasteiger partial charge in [0, 0.05) is 11.6 Å². The quantitative estimate of drug-likeness (QED) is 0.594. The third-order valence-electron chi connectivity index (χ3n) is 2.75. The first kappa shape index (κ1) is 10.2. The molecule has 0 bridgehead atoms. The topological polar surface area (TPSA) is 24.7 Å². The van der Waals surface area contributed by atoms with Gasteiger partial charge in [-0.15, -0.1) is 0 Å². The molecule has 72 valence electrons. The fourth-order valence-corrected chi connectivity index (χ4v) is 1.50. The van der Waals surface area contributed by atoms with Gasteiger partial charge in [-0.3, -0.25) is 4.99 Å². The molecule has 0 aliphatic carbocycles. The smallest absolute Gasteiger partial charge is 0.109 e. The lowest BCUT2D eigenvalue weighted by Gasteiger charge is -2.32. The molecule has 2 heteroatoms. The first-order chi connectivity index (χ1) is 6.21. The van der Waals surface area contributed by atoms with Crippen LogP contribution in [0.15, 0.2) is 22.1 Å². The van der Waals surface area contributed by atoms with Gasteiger partial charge in [-0.2, -0.15) is 0 Å². The first-order valence-electron chi connectivity index (χ1n) is 4.85. The number of hydrogen-bond acceptors (Lipinski definition) is 2. The molecule has 0 aromatic rings. The predicted molar refractivity (Wildman–Crippen MR) is 58.6 cm³/mol. The summed E-state index contributed by atoms with van der Waals surface area (Å²) in [6.07, 6.45) is 9.05. The van der Waals surface area contributed by atoms with Gasteiger partial charge in [0.05, 0.1) is 6.54 Å². The van der Waals surface area contributed by atoms with Crippen molar-refractivity contribution in [2.75, 3.05) is 6.54 Å². The van der Waals surface area contributed by atoms with Crippen LogP contribution in [0.25, 0.3) is 0 Å². The Bertz CT molecular complexity index is 238. The highest BCUT2D eigenvalue weighted by atomic mass is 14.9. The van der Waals surface area contributed by atoms with Crippen LogP contribution in [0.3, 0.4) is 0 Å². The Morgan fingerprint density at radius 3 is 2.77 bits per heavy atom. The van der Waals surface area contributed by atoms with Crippen LogP contribution in [0.4, 0.5) is 0 Å². The van der Waals surface area contributed by atoms with E-state index in [2.05, 4.69) is 49.1 Å². The second-order valence-corrected chi connectivity index (χ2v) is 3.90. The maximum atomic E-state index is 4.25. The largest absolute Gasteiger partial charge is 0.273 e. The molecule has 1 heterocycles. The fourth-order valence-electron chi connectivity index (χ4n) is 1.50. The zero-order valence-corrected chi connectivity index (χ0v) is 8.70. The highest BCUT2D eigenvalue weighted by molar-refractivity contribution is 5.79. The van der Waals surface area contributed by atoms with E-state index in [1.54, 1.807) is 6.34 Å². The summed E-state index contributed by atoms with van der Waals surface area (Å²) in [5.74, 6) is 0.588. The molecule has 0 saturated carbocycles. The van der Waals surface area contributed by atoms with E-state index in [1.807, 2.05) is 0 Å². The summed E-state index contributed by atoms with van der Waals surface area (Å²) >= 11 is 0. The van der Waals surface area contributed by atoms with Crippen LogP contribution in [0.2, 0.25) is 0 Å². The molecule has 1 aliphatic rings. The third kappa shape index (κ3) is 2.27. The molecule has 1 aliphatic heterocycles. The van der Waals surface area contributed by atoms with E-state index in [-0.39, 0.29) is 5.41 Å². The van der Waals surface area contributed by atoms with Crippen molar-refractivity contribution in [1.29, 1.82) is 0 Å². The Balaban J connectivity index is 2.75. The second-order valence-electron chi connectivity index (χ2n) is 3.90. The SMILES string of the molecule is CC=CCC1(C(C)C)C=NC=NC1. The van der Waals surface area contributed by atoms with Crippen LogP contribution in [0, 0.1) is 11.3 Å². The third-order valence-corrected chi connectivity index (χ3v) is 2.75. The highest BCUT2D eigenvalue weighted by Crippen LogP contribution is 2.31. The summed E-state index contributed by atoms with van der Waals surface area (Å²) in [6, 6.07) is 0. The van der Waals surface area contributed by atoms with Crippen molar-refractivity contribution in [2.24, 2.45) is 21.3 Å². The average Bonchev–Trinajstić information content (AvgIpc) is 2.16. The van der Waals surface area contributed by atoms with Crippen LogP contribution >= 0.6 is 0 Å². The maximum absolute atomic E-state index is 4.25. The fraction of sp³-hybridized carbons (Fsp3) is 0.636. The zero-order chi connectivity index (χ0) is 9.73. The van der Waals surface area contributed by atoms with Gasteiger partial charge in [-0.1, -0.05) is 26.0 Å². The molecule has 0 N–H and O–H groups in total. The molecular formula is C11H18N2. The van der Waals surface area contributed by atoms with Crippen LogP contribution in [-0.2, 0) is 0 Å². The Labute approximate surface area is 80.5 Å². The molecule has 0 aromatic carbocycles. The van der Waals surface area contributed by atoms with Gasteiger partial charge in [0.25, 0.3) is 0 Å². The molecule has 0 fully saturated rings. The summed E-state index contributed by atoms with van der Waals surface area (Å²) in [5, 5.41) is 0. The Hall–Kier alpha value is -0.920. The molecule has 1 atom stereocenters. The zero-order valence-electron chi connectivity index (χ0n) is 8.70. The normalized spacial score (nSPS) is 27.7. The number of rotatable bonds is 3. The van der Waals surface area contributed by atoms with Gasteiger partial charge in [0.1, 0.15) is 6.34 Å².